The van der Waals surface area contributed by atoms with Gasteiger partial charge in [-0.3, -0.25) is 14.9 Å². The van der Waals surface area contributed by atoms with E-state index in [4.69, 9.17) is 4.42 Å². The minimum atomic E-state index is -0.619. The highest BCUT2D eigenvalue weighted by molar-refractivity contribution is 9.11. The number of carbonyl (C=O) groups is 1. The minimum absolute atomic E-state index is 0.102. The molecule has 9 heteroatoms. The van der Waals surface area contributed by atoms with Crippen molar-refractivity contribution in [2.24, 2.45) is 0 Å². The lowest BCUT2D eigenvalue weighted by Crippen LogP contribution is -2.14. The lowest BCUT2D eigenvalue weighted by Gasteiger charge is -2.10. The number of nitriles is 1. The summed E-state index contributed by atoms with van der Waals surface area (Å²) in [5.41, 5.74) is 1.50. The second-order valence-corrected chi connectivity index (χ2v) is 7.91. The molecule has 0 spiro atoms. The number of furan rings is 1. The van der Waals surface area contributed by atoms with Crippen molar-refractivity contribution >= 4 is 55.2 Å². The van der Waals surface area contributed by atoms with Gasteiger partial charge in [0.2, 0.25) is 0 Å². The quantitative estimate of drug-likeness (QED) is 0.182. The summed E-state index contributed by atoms with van der Waals surface area (Å²) in [6, 6.07) is 14.8. The third-order valence-corrected chi connectivity index (χ3v) is 5.32. The summed E-state index contributed by atoms with van der Waals surface area (Å²) < 4.78 is 6.95. The highest BCUT2D eigenvalue weighted by Gasteiger charge is 2.18. The molecule has 1 N–H and O–H groups in total. The third-order valence-electron chi connectivity index (χ3n) is 4.07. The first-order chi connectivity index (χ1) is 14.3. The van der Waals surface area contributed by atoms with Crippen LogP contribution in [-0.2, 0) is 4.79 Å². The Labute approximate surface area is 188 Å². The summed E-state index contributed by atoms with van der Waals surface area (Å²) >= 11 is 6.78. The van der Waals surface area contributed by atoms with E-state index in [1.165, 1.54) is 18.2 Å². The van der Waals surface area contributed by atoms with Gasteiger partial charge in [-0.1, -0.05) is 12.1 Å². The van der Waals surface area contributed by atoms with Gasteiger partial charge in [-0.2, -0.15) is 5.26 Å². The second-order valence-electron chi connectivity index (χ2n) is 6.20. The van der Waals surface area contributed by atoms with Gasteiger partial charge in [0.15, 0.2) is 0 Å². The highest BCUT2D eigenvalue weighted by Crippen LogP contribution is 2.33. The second kappa shape index (κ2) is 9.07. The third kappa shape index (κ3) is 4.67. The monoisotopic (exact) mass is 529 g/mol. The minimum Gasteiger partial charge on any atom is -0.456 e. The maximum absolute atomic E-state index is 12.6. The predicted octanol–water partition coefficient (Wildman–Crippen LogP) is 6.23. The van der Waals surface area contributed by atoms with Crippen molar-refractivity contribution in [2.45, 2.75) is 6.92 Å². The summed E-state index contributed by atoms with van der Waals surface area (Å²) in [5, 5.41) is 23.3. The molecule has 0 saturated carbocycles. The number of para-hydroxylation sites is 1. The van der Waals surface area contributed by atoms with E-state index < -0.39 is 10.8 Å². The maximum Gasteiger partial charge on any atom is 0.280 e. The Bertz CT molecular complexity index is 1200. The van der Waals surface area contributed by atoms with Crippen LogP contribution < -0.4 is 5.32 Å². The molecule has 0 aliphatic carbocycles. The average molecular weight is 531 g/mol. The van der Waals surface area contributed by atoms with Crippen LogP contribution >= 0.6 is 31.9 Å². The van der Waals surface area contributed by atoms with Gasteiger partial charge in [0.05, 0.1) is 16.2 Å². The van der Waals surface area contributed by atoms with E-state index in [2.05, 4.69) is 37.2 Å². The van der Waals surface area contributed by atoms with Gasteiger partial charge in [-0.15, -0.1) is 0 Å². The van der Waals surface area contributed by atoms with Crippen molar-refractivity contribution in [2.75, 3.05) is 5.32 Å². The van der Waals surface area contributed by atoms with Crippen molar-refractivity contribution in [3.8, 4) is 17.4 Å². The number of nitro benzene ring substituents is 1. The number of nitro groups is 1. The Hall–Kier alpha value is -3.22. The molecule has 3 rings (SSSR count). The van der Waals surface area contributed by atoms with Gasteiger partial charge >= 0.3 is 0 Å². The summed E-state index contributed by atoms with van der Waals surface area (Å²) in [5.74, 6) is -0.140. The molecule has 7 nitrogen and oxygen atoms in total. The molecule has 0 atom stereocenters. The number of nitrogens with zero attached hydrogens (tertiary/aromatic N) is 2. The molecule has 0 radical (unpaired) electrons. The first kappa shape index (κ1) is 21.5. The van der Waals surface area contributed by atoms with Gasteiger partial charge in [-0.25, -0.2) is 0 Å². The number of nitrogens with one attached hydrogen (secondary N) is 1. The summed E-state index contributed by atoms with van der Waals surface area (Å²) in [7, 11) is 0. The molecule has 150 valence electrons. The molecular weight excluding hydrogens is 518 g/mol. The zero-order valence-corrected chi connectivity index (χ0v) is 18.7. The fourth-order valence-electron chi connectivity index (χ4n) is 2.71. The van der Waals surface area contributed by atoms with Crippen LogP contribution in [0.4, 0.5) is 11.4 Å². The number of hydrogen-bond acceptors (Lipinski definition) is 5. The Morgan fingerprint density at radius 1 is 1.20 bits per heavy atom. The lowest BCUT2D eigenvalue weighted by molar-refractivity contribution is -0.384. The van der Waals surface area contributed by atoms with Gasteiger partial charge in [0, 0.05) is 21.1 Å². The lowest BCUT2D eigenvalue weighted by atomic mass is 10.1. The Balaban J connectivity index is 1.89. The van der Waals surface area contributed by atoms with Crippen LogP contribution in [-0.4, -0.2) is 10.8 Å². The van der Waals surface area contributed by atoms with Gasteiger partial charge in [0.25, 0.3) is 11.6 Å². The largest absolute Gasteiger partial charge is 0.456 e. The Kier molecular flexibility index (Phi) is 6.50. The average Bonchev–Trinajstić information content (AvgIpc) is 3.17. The van der Waals surface area contributed by atoms with E-state index in [0.29, 0.717) is 20.2 Å². The van der Waals surface area contributed by atoms with Gasteiger partial charge in [0.1, 0.15) is 23.2 Å². The zero-order chi connectivity index (χ0) is 21.8. The molecule has 1 aromatic heterocycles. The van der Waals surface area contributed by atoms with E-state index in [0.717, 1.165) is 5.56 Å². The maximum atomic E-state index is 12.6. The molecule has 1 heterocycles. The van der Waals surface area contributed by atoms with Crippen LogP contribution in [0.1, 0.15) is 11.3 Å². The van der Waals surface area contributed by atoms with Crippen molar-refractivity contribution in [1.29, 1.82) is 5.26 Å². The van der Waals surface area contributed by atoms with Crippen LogP contribution in [0.15, 0.2) is 67.5 Å². The van der Waals surface area contributed by atoms with Gasteiger partial charge in [-0.05, 0) is 74.7 Å². The molecule has 3 aromatic rings. The number of carbonyl (C=O) groups excluding carboxylic acids is 1. The van der Waals surface area contributed by atoms with Crippen LogP contribution in [0, 0.1) is 28.4 Å². The highest BCUT2D eigenvalue weighted by atomic mass is 79.9. The molecule has 30 heavy (non-hydrogen) atoms. The molecule has 0 saturated heterocycles. The van der Waals surface area contributed by atoms with E-state index in [1.54, 1.807) is 24.3 Å². The summed E-state index contributed by atoms with van der Waals surface area (Å²) in [6.07, 6.45) is 1.28. The number of aryl methyl sites for hydroxylation is 1. The van der Waals surface area contributed by atoms with E-state index in [9.17, 15) is 20.2 Å². The van der Waals surface area contributed by atoms with Crippen molar-refractivity contribution in [3.05, 3.63) is 84.5 Å². The van der Waals surface area contributed by atoms with Crippen LogP contribution in [0.3, 0.4) is 0 Å². The van der Waals surface area contributed by atoms with E-state index >= 15 is 0 Å². The summed E-state index contributed by atoms with van der Waals surface area (Å²) in [4.78, 5) is 23.3. The predicted molar refractivity (Wildman–Crippen MR) is 120 cm³/mol. The molecular formula is C21H13Br2N3O4. The Morgan fingerprint density at radius 2 is 1.87 bits per heavy atom. The summed E-state index contributed by atoms with van der Waals surface area (Å²) in [6.45, 7) is 1.91. The molecule has 0 aliphatic heterocycles. The van der Waals surface area contributed by atoms with Gasteiger partial charge < -0.3 is 9.73 Å². The molecule has 2 aromatic carbocycles. The number of hydrogen-bond donors (Lipinski definition) is 1. The van der Waals surface area contributed by atoms with Crippen molar-refractivity contribution in [3.63, 3.8) is 0 Å². The van der Waals surface area contributed by atoms with E-state index in [1.807, 2.05) is 25.1 Å². The zero-order valence-electron chi connectivity index (χ0n) is 15.5. The van der Waals surface area contributed by atoms with Crippen molar-refractivity contribution in [1.82, 2.24) is 0 Å². The number of benzene rings is 2. The van der Waals surface area contributed by atoms with Crippen LogP contribution in [0.25, 0.3) is 17.4 Å². The molecule has 0 unspecified atom stereocenters. The van der Waals surface area contributed by atoms with Crippen LogP contribution in [0.5, 0.6) is 0 Å². The topological polar surface area (TPSA) is 109 Å². The SMILES string of the molecule is Cc1cc(Br)c(NC(=O)/C(C#N)=C/c2ccc(-c3ccccc3[N+](=O)[O-])o2)c(Br)c1. The fourth-order valence-corrected chi connectivity index (χ4v) is 4.32. The standard InChI is InChI=1S/C21H13Br2N3O4/c1-12-8-16(22)20(17(23)9-12)25-21(27)13(11-24)10-14-6-7-19(30-14)15-4-2-3-5-18(15)26(28)29/h2-10H,1H3,(H,25,27)/b13-10+. The molecule has 1 amide bonds. The smallest absolute Gasteiger partial charge is 0.280 e. The number of halogens is 2. The normalized spacial score (nSPS) is 11.1. The number of anilines is 1. The first-order valence-corrected chi connectivity index (χ1v) is 10.1. The van der Waals surface area contributed by atoms with Crippen molar-refractivity contribution < 1.29 is 14.1 Å². The number of rotatable bonds is 5. The molecule has 0 aliphatic rings. The number of amides is 1. The van der Waals surface area contributed by atoms with E-state index in [-0.39, 0.29) is 22.8 Å². The Morgan fingerprint density at radius 3 is 2.50 bits per heavy atom. The first-order valence-electron chi connectivity index (χ1n) is 8.52. The van der Waals surface area contributed by atoms with Crippen LogP contribution in [0.2, 0.25) is 0 Å². The fraction of sp³-hybridized carbons (Fsp3) is 0.0476. The molecule has 0 bridgehead atoms. The molecule has 0 fully saturated rings.